The molecule has 0 heterocycles. The second-order valence-electron chi connectivity index (χ2n) is 7.91. The molecule has 0 spiro atoms. The third-order valence-electron chi connectivity index (χ3n) is 3.34. The molecule has 0 aliphatic rings. The fraction of sp³-hybridized carbons (Fsp3) is 0.579. The van der Waals surface area contributed by atoms with Crippen molar-refractivity contribution < 1.29 is 19.1 Å². The Morgan fingerprint density at radius 2 is 1.62 bits per heavy atom. The summed E-state index contributed by atoms with van der Waals surface area (Å²) in [6, 6.07) is 9.07. The molecule has 1 aromatic carbocycles. The van der Waals surface area contributed by atoms with Crippen LogP contribution < -0.4 is 5.32 Å². The van der Waals surface area contributed by atoms with Gasteiger partial charge in [0.1, 0.15) is 12.2 Å². The van der Waals surface area contributed by atoms with Crippen molar-refractivity contribution in [3.05, 3.63) is 35.9 Å². The first kappa shape index (κ1) is 20.0. The van der Waals surface area contributed by atoms with Crippen LogP contribution in [0.15, 0.2) is 30.3 Å². The molecule has 0 aliphatic heterocycles. The van der Waals surface area contributed by atoms with E-state index in [4.69, 9.17) is 9.47 Å². The van der Waals surface area contributed by atoms with Crippen LogP contribution in [0.1, 0.15) is 47.1 Å². The maximum absolute atomic E-state index is 12.0. The van der Waals surface area contributed by atoms with Crippen LogP contribution in [0.5, 0.6) is 0 Å². The Kier molecular flexibility index (Phi) is 6.81. The zero-order valence-corrected chi connectivity index (χ0v) is 15.5. The molecule has 1 atom stereocenters. The molecule has 24 heavy (non-hydrogen) atoms. The van der Waals surface area contributed by atoms with Crippen LogP contribution in [0.3, 0.4) is 0 Å². The number of carbonyl (C=O) groups excluding carboxylic acids is 2. The average molecular weight is 335 g/mol. The molecule has 0 aliphatic carbocycles. The van der Waals surface area contributed by atoms with Gasteiger partial charge in [-0.15, -0.1) is 0 Å². The number of rotatable bonds is 5. The van der Waals surface area contributed by atoms with Gasteiger partial charge in [0.2, 0.25) is 0 Å². The minimum absolute atomic E-state index is 0.106. The number of hydrogen-bond acceptors (Lipinski definition) is 4. The summed E-state index contributed by atoms with van der Waals surface area (Å²) in [5.41, 5.74) is 0.0513. The Morgan fingerprint density at radius 3 is 2.12 bits per heavy atom. The predicted molar refractivity (Wildman–Crippen MR) is 93.7 cm³/mol. The highest BCUT2D eigenvalue weighted by atomic mass is 16.6. The lowest BCUT2D eigenvalue weighted by molar-refractivity contribution is -0.144. The van der Waals surface area contributed by atoms with Crippen molar-refractivity contribution in [2.24, 2.45) is 5.41 Å². The van der Waals surface area contributed by atoms with E-state index >= 15 is 0 Å². The van der Waals surface area contributed by atoms with Gasteiger partial charge in [0.05, 0.1) is 12.5 Å². The number of benzene rings is 1. The standard InChI is InChI=1S/C19H29NO4/c1-18(2,3)15(20-17(22)24-19(4,5)6)13-23-16(21)12-14-10-8-7-9-11-14/h7-11,15H,12-13H2,1-6H3,(H,20,22). The zero-order valence-electron chi connectivity index (χ0n) is 15.5. The molecule has 5 nitrogen and oxygen atoms in total. The van der Waals surface area contributed by atoms with Crippen molar-refractivity contribution in [1.29, 1.82) is 0 Å². The minimum Gasteiger partial charge on any atom is -0.463 e. The van der Waals surface area contributed by atoms with E-state index in [1.807, 2.05) is 51.1 Å². The highest BCUT2D eigenvalue weighted by Gasteiger charge is 2.29. The lowest BCUT2D eigenvalue weighted by atomic mass is 9.87. The zero-order chi connectivity index (χ0) is 18.4. The van der Waals surface area contributed by atoms with E-state index in [0.29, 0.717) is 0 Å². The van der Waals surface area contributed by atoms with Gasteiger partial charge < -0.3 is 14.8 Å². The van der Waals surface area contributed by atoms with E-state index in [-0.39, 0.29) is 30.5 Å². The minimum atomic E-state index is -0.573. The third-order valence-corrected chi connectivity index (χ3v) is 3.34. The Labute approximate surface area is 144 Å². The molecule has 0 radical (unpaired) electrons. The number of ether oxygens (including phenoxy) is 2. The van der Waals surface area contributed by atoms with Crippen molar-refractivity contribution in [3.8, 4) is 0 Å². The number of amides is 1. The fourth-order valence-electron chi connectivity index (χ4n) is 1.95. The van der Waals surface area contributed by atoms with Crippen LogP contribution in [0.25, 0.3) is 0 Å². The molecule has 134 valence electrons. The van der Waals surface area contributed by atoms with Crippen molar-refractivity contribution in [2.75, 3.05) is 6.61 Å². The highest BCUT2D eigenvalue weighted by Crippen LogP contribution is 2.20. The molecule has 1 N–H and O–H groups in total. The largest absolute Gasteiger partial charge is 0.463 e. The van der Waals surface area contributed by atoms with E-state index in [1.165, 1.54) is 0 Å². The molecule has 1 unspecified atom stereocenters. The molecular weight excluding hydrogens is 306 g/mol. The quantitative estimate of drug-likeness (QED) is 0.833. The van der Waals surface area contributed by atoms with E-state index in [2.05, 4.69) is 5.32 Å². The molecule has 0 saturated heterocycles. The SMILES string of the molecule is CC(C)(C)OC(=O)NC(COC(=O)Cc1ccccc1)C(C)(C)C. The Morgan fingerprint density at radius 1 is 1.04 bits per heavy atom. The topological polar surface area (TPSA) is 64.6 Å². The first-order chi connectivity index (χ1) is 11.0. The number of esters is 1. The number of carbonyl (C=O) groups is 2. The fourth-order valence-corrected chi connectivity index (χ4v) is 1.95. The van der Waals surface area contributed by atoms with Crippen LogP contribution in [0, 0.1) is 5.41 Å². The van der Waals surface area contributed by atoms with Gasteiger partial charge in [-0.05, 0) is 31.7 Å². The third kappa shape index (κ3) is 7.99. The maximum atomic E-state index is 12.0. The second kappa shape index (κ2) is 8.18. The number of alkyl carbamates (subject to hydrolysis) is 1. The first-order valence-corrected chi connectivity index (χ1v) is 8.16. The number of nitrogens with one attached hydrogen (secondary N) is 1. The lowest BCUT2D eigenvalue weighted by Gasteiger charge is -2.32. The van der Waals surface area contributed by atoms with Gasteiger partial charge in [-0.3, -0.25) is 4.79 Å². The highest BCUT2D eigenvalue weighted by molar-refractivity contribution is 5.72. The van der Waals surface area contributed by atoms with E-state index in [0.717, 1.165) is 5.56 Å². The summed E-state index contributed by atoms with van der Waals surface area (Å²) in [7, 11) is 0. The molecule has 1 aromatic rings. The van der Waals surface area contributed by atoms with Crippen LogP contribution in [0.4, 0.5) is 4.79 Å². The van der Waals surface area contributed by atoms with Gasteiger partial charge in [0.25, 0.3) is 0 Å². The summed E-state index contributed by atoms with van der Waals surface area (Å²) < 4.78 is 10.6. The van der Waals surface area contributed by atoms with Crippen molar-refractivity contribution in [3.63, 3.8) is 0 Å². The van der Waals surface area contributed by atoms with Gasteiger partial charge in [0, 0.05) is 0 Å². The van der Waals surface area contributed by atoms with Crippen molar-refractivity contribution >= 4 is 12.1 Å². The van der Waals surface area contributed by atoms with E-state index < -0.39 is 11.7 Å². The summed E-state index contributed by atoms with van der Waals surface area (Å²) >= 11 is 0. The average Bonchev–Trinajstić information content (AvgIpc) is 2.41. The van der Waals surface area contributed by atoms with Crippen LogP contribution in [-0.2, 0) is 20.7 Å². The van der Waals surface area contributed by atoms with Crippen molar-refractivity contribution in [1.82, 2.24) is 5.32 Å². The summed E-state index contributed by atoms with van der Waals surface area (Å²) in [5.74, 6) is -0.318. The maximum Gasteiger partial charge on any atom is 0.408 e. The normalized spacial score (nSPS) is 13.1. The molecule has 1 amide bonds. The van der Waals surface area contributed by atoms with Crippen LogP contribution >= 0.6 is 0 Å². The monoisotopic (exact) mass is 335 g/mol. The molecule has 0 fully saturated rings. The van der Waals surface area contributed by atoms with E-state index in [9.17, 15) is 9.59 Å². The summed E-state index contributed by atoms with van der Waals surface area (Å²) in [4.78, 5) is 24.0. The number of hydrogen-bond donors (Lipinski definition) is 1. The summed E-state index contributed by atoms with van der Waals surface area (Å²) in [5, 5.41) is 2.79. The Hall–Kier alpha value is -2.04. The summed E-state index contributed by atoms with van der Waals surface area (Å²) in [6.45, 7) is 11.4. The van der Waals surface area contributed by atoms with Gasteiger partial charge >= 0.3 is 12.1 Å². The van der Waals surface area contributed by atoms with Crippen molar-refractivity contribution in [2.45, 2.75) is 59.6 Å². The van der Waals surface area contributed by atoms with Crippen LogP contribution in [-0.4, -0.2) is 30.3 Å². The molecular formula is C19H29NO4. The van der Waals surface area contributed by atoms with Gasteiger partial charge in [-0.25, -0.2) is 4.79 Å². The molecule has 5 heteroatoms. The second-order valence-corrected chi connectivity index (χ2v) is 7.91. The van der Waals surface area contributed by atoms with Gasteiger partial charge in [-0.1, -0.05) is 51.1 Å². The smallest absolute Gasteiger partial charge is 0.408 e. The Balaban J connectivity index is 2.57. The van der Waals surface area contributed by atoms with E-state index in [1.54, 1.807) is 20.8 Å². The van der Waals surface area contributed by atoms with Gasteiger partial charge in [0.15, 0.2) is 0 Å². The predicted octanol–water partition coefficient (Wildman–Crippen LogP) is 3.71. The summed E-state index contributed by atoms with van der Waals surface area (Å²) in [6.07, 6.45) is -0.300. The Bertz CT molecular complexity index is 541. The molecule has 0 aromatic heterocycles. The lowest BCUT2D eigenvalue weighted by Crippen LogP contribution is -2.48. The molecule has 0 bridgehead atoms. The first-order valence-electron chi connectivity index (χ1n) is 8.16. The van der Waals surface area contributed by atoms with Crippen LogP contribution in [0.2, 0.25) is 0 Å². The van der Waals surface area contributed by atoms with Gasteiger partial charge in [-0.2, -0.15) is 0 Å². The molecule has 0 saturated carbocycles. The molecule has 1 rings (SSSR count).